The van der Waals surface area contributed by atoms with Gasteiger partial charge in [0.05, 0.1) is 16.4 Å². The zero-order chi connectivity index (χ0) is 12.5. The Hall–Kier alpha value is -1.02. The summed E-state index contributed by atoms with van der Waals surface area (Å²) in [5.74, 6) is 1.82. The zero-order valence-electron chi connectivity index (χ0n) is 10.8. The zero-order valence-corrected chi connectivity index (χ0v) is 11.5. The average Bonchev–Trinajstić information content (AvgIpc) is 2.98. The molecule has 1 aromatic heterocycles. The first-order valence-corrected chi connectivity index (χ1v) is 7.28. The minimum absolute atomic E-state index is 0.0289. The first kappa shape index (κ1) is 12.0. The number of rotatable bonds is 3. The maximum absolute atomic E-state index is 6.28. The van der Waals surface area contributed by atoms with Crippen molar-refractivity contribution in [3.8, 4) is 0 Å². The summed E-state index contributed by atoms with van der Waals surface area (Å²) >= 11 is 6.28. The molecule has 1 heterocycles. The first-order valence-electron chi connectivity index (χ1n) is 6.85. The SMILES string of the molecule is CC(Cl)c1nc2ccccc2n1CC1CCCC1. The third-order valence-electron chi connectivity index (χ3n) is 3.96. The molecule has 1 aliphatic rings. The lowest BCUT2D eigenvalue weighted by atomic mass is 10.1. The molecule has 0 radical (unpaired) electrons. The normalized spacial score (nSPS) is 18.6. The summed E-state index contributed by atoms with van der Waals surface area (Å²) in [7, 11) is 0. The summed E-state index contributed by atoms with van der Waals surface area (Å²) in [6, 6.07) is 8.35. The molecule has 1 saturated carbocycles. The third kappa shape index (κ3) is 2.14. The molecule has 0 saturated heterocycles. The van der Waals surface area contributed by atoms with Crippen molar-refractivity contribution in [2.24, 2.45) is 5.92 Å². The predicted octanol–water partition coefficient (Wildman–Crippen LogP) is 4.53. The van der Waals surface area contributed by atoms with Crippen LogP contribution in [-0.2, 0) is 6.54 Å². The van der Waals surface area contributed by atoms with Gasteiger partial charge in [-0.15, -0.1) is 11.6 Å². The van der Waals surface area contributed by atoms with Crippen molar-refractivity contribution in [3.63, 3.8) is 0 Å². The Morgan fingerprint density at radius 1 is 1.33 bits per heavy atom. The number of nitrogens with zero attached hydrogens (tertiary/aromatic N) is 2. The molecule has 96 valence electrons. The molecule has 3 rings (SSSR count). The van der Waals surface area contributed by atoms with E-state index >= 15 is 0 Å². The van der Waals surface area contributed by atoms with E-state index in [4.69, 9.17) is 11.6 Å². The van der Waals surface area contributed by atoms with E-state index in [0.717, 1.165) is 23.8 Å². The lowest BCUT2D eigenvalue weighted by Crippen LogP contribution is -2.11. The van der Waals surface area contributed by atoms with E-state index in [1.165, 1.54) is 31.2 Å². The van der Waals surface area contributed by atoms with E-state index in [1.807, 2.05) is 13.0 Å². The second-order valence-corrected chi connectivity index (χ2v) is 5.99. The molecular formula is C15H19ClN2. The smallest absolute Gasteiger partial charge is 0.127 e. The van der Waals surface area contributed by atoms with Gasteiger partial charge in [0.15, 0.2) is 0 Å². The van der Waals surface area contributed by atoms with Crippen LogP contribution in [0, 0.1) is 5.92 Å². The molecule has 2 nitrogen and oxygen atoms in total. The highest BCUT2D eigenvalue weighted by atomic mass is 35.5. The molecule has 3 heteroatoms. The van der Waals surface area contributed by atoms with Crippen molar-refractivity contribution >= 4 is 22.6 Å². The van der Waals surface area contributed by atoms with Crippen LogP contribution in [0.2, 0.25) is 0 Å². The van der Waals surface area contributed by atoms with Crippen LogP contribution >= 0.6 is 11.6 Å². The van der Waals surface area contributed by atoms with Gasteiger partial charge in [0, 0.05) is 6.54 Å². The second kappa shape index (κ2) is 4.93. The highest BCUT2D eigenvalue weighted by Crippen LogP contribution is 2.30. The van der Waals surface area contributed by atoms with Gasteiger partial charge in [-0.2, -0.15) is 0 Å². The fourth-order valence-electron chi connectivity index (χ4n) is 3.04. The number of hydrogen-bond donors (Lipinski definition) is 0. The Morgan fingerprint density at radius 2 is 2.06 bits per heavy atom. The van der Waals surface area contributed by atoms with Crippen LogP contribution in [0.3, 0.4) is 0 Å². The van der Waals surface area contributed by atoms with Crippen molar-refractivity contribution in [1.29, 1.82) is 0 Å². The number of fused-ring (bicyclic) bond motifs is 1. The summed E-state index contributed by atoms with van der Waals surface area (Å²) < 4.78 is 2.34. The largest absolute Gasteiger partial charge is 0.326 e. The molecule has 2 aromatic rings. The van der Waals surface area contributed by atoms with Crippen molar-refractivity contribution in [2.45, 2.75) is 44.5 Å². The lowest BCUT2D eigenvalue weighted by Gasteiger charge is -2.15. The van der Waals surface area contributed by atoms with Gasteiger partial charge in [-0.1, -0.05) is 25.0 Å². The highest BCUT2D eigenvalue weighted by molar-refractivity contribution is 6.20. The highest BCUT2D eigenvalue weighted by Gasteiger charge is 2.20. The third-order valence-corrected chi connectivity index (χ3v) is 4.15. The van der Waals surface area contributed by atoms with E-state index in [9.17, 15) is 0 Å². The fraction of sp³-hybridized carbons (Fsp3) is 0.533. The van der Waals surface area contributed by atoms with Crippen LogP contribution in [0.4, 0.5) is 0 Å². The number of para-hydroxylation sites is 2. The van der Waals surface area contributed by atoms with E-state index in [0.29, 0.717) is 0 Å². The van der Waals surface area contributed by atoms with Crippen LogP contribution in [0.25, 0.3) is 11.0 Å². The van der Waals surface area contributed by atoms with Gasteiger partial charge in [0.1, 0.15) is 5.82 Å². The molecule has 1 aromatic carbocycles. The molecule has 1 atom stereocenters. The van der Waals surface area contributed by atoms with Crippen LogP contribution in [0.1, 0.15) is 43.8 Å². The quantitative estimate of drug-likeness (QED) is 0.744. The molecule has 0 aliphatic heterocycles. The molecule has 18 heavy (non-hydrogen) atoms. The van der Waals surface area contributed by atoms with E-state index in [1.54, 1.807) is 0 Å². The molecule has 0 N–H and O–H groups in total. The maximum Gasteiger partial charge on any atom is 0.127 e. The monoisotopic (exact) mass is 262 g/mol. The predicted molar refractivity (Wildman–Crippen MR) is 76.0 cm³/mol. The van der Waals surface area contributed by atoms with Crippen molar-refractivity contribution < 1.29 is 0 Å². The number of benzene rings is 1. The van der Waals surface area contributed by atoms with Gasteiger partial charge >= 0.3 is 0 Å². The lowest BCUT2D eigenvalue weighted by molar-refractivity contribution is 0.454. The number of hydrogen-bond acceptors (Lipinski definition) is 1. The molecule has 1 unspecified atom stereocenters. The number of aromatic nitrogens is 2. The molecule has 0 bridgehead atoms. The van der Waals surface area contributed by atoms with Gasteiger partial charge < -0.3 is 4.57 Å². The Morgan fingerprint density at radius 3 is 2.78 bits per heavy atom. The summed E-state index contributed by atoms with van der Waals surface area (Å²) in [6.45, 7) is 3.08. The summed E-state index contributed by atoms with van der Waals surface area (Å²) in [5.41, 5.74) is 2.30. The Kier molecular flexibility index (Phi) is 3.29. The minimum Gasteiger partial charge on any atom is -0.326 e. The van der Waals surface area contributed by atoms with Gasteiger partial charge in [-0.25, -0.2) is 4.98 Å². The van der Waals surface area contributed by atoms with Gasteiger partial charge in [0.25, 0.3) is 0 Å². The van der Waals surface area contributed by atoms with E-state index in [-0.39, 0.29) is 5.38 Å². The Bertz CT molecular complexity index is 538. The molecule has 0 amide bonds. The Balaban J connectivity index is 2.03. The maximum atomic E-state index is 6.28. The van der Waals surface area contributed by atoms with E-state index in [2.05, 4.69) is 27.8 Å². The number of halogens is 1. The average molecular weight is 263 g/mol. The van der Waals surface area contributed by atoms with Crippen LogP contribution in [0.15, 0.2) is 24.3 Å². The van der Waals surface area contributed by atoms with Crippen molar-refractivity contribution in [1.82, 2.24) is 9.55 Å². The van der Waals surface area contributed by atoms with E-state index < -0.39 is 0 Å². The summed E-state index contributed by atoms with van der Waals surface area (Å²) in [6.07, 6.45) is 5.46. The molecule has 0 spiro atoms. The second-order valence-electron chi connectivity index (χ2n) is 5.34. The van der Waals surface area contributed by atoms with Crippen LogP contribution < -0.4 is 0 Å². The molecular weight excluding hydrogens is 244 g/mol. The van der Waals surface area contributed by atoms with Crippen LogP contribution in [-0.4, -0.2) is 9.55 Å². The van der Waals surface area contributed by atoms with Gasteiger partial charge in [0.2, 0.25) is 0 Å². The first-order chi connectivity index (χ1) is 8.75. The van der Waals surface area contributed by atoms with Crippen LogP contribution in [0.5, 0.6) is 0 Å². The number of alkyl halides is 1. The van der Waals surface area contributed by atoms with Gasteiger partial charge in [-0.05, 0) is 37.8 Å². The van der Waals surface area contributed by atoms with Crippen molar-refractivity contribution in [3.05, 3.63) is 30.1 Å². The van der Waals surface area contributed by atoms with Crippen molar-refractivity contribution in [2.75, 3.05) is 0 Å². The summed E-state index contributed by atoms with van der Waals surface area (Å²) in [5, 5.41) is -0.0289. The molecule has 1 aliphatic carbocycles. The summed E-state index contributed by atoms with van der Waals surface area (Å²) in [4.78, 5) is 4.69. The minimum atomic E-state index is -0.0289. The fourth-order valence-corrected chi connectivity index (χ4v) is 3.21. The number of imidazole rings is 1. The van der Waals surface area contributed by atoms with Gasteiger partial charge in [-0.3, -0.25) is 0 Å². The topological polar surface area (TPSA) is 17.8 Å². The molecule has 1 fully saturated rings. The Labute approximate surface area is 113 Å². The standard InChI is InChI=1S/C15H19ClN2/c1-11(16)15-17-13-8-4-5-9-14(13)18(15)10-12-6-2-3-7-12/h4-5,8-9,11-12H,2-3,6-7,10H2,1H3.